The van der Waals surface area contributed by atoms with Gasteiger partial charge >= 0.3 is 5.69 Å². The summed E-state index contributed by atoms with van der Waals surface area (Å²) in [5.74, 6) is 1.43. The van der Waals surface area contributed by atoms with E-state index in [-0.39, 0.29) is 11.7 Å². The van der Waals surface area contributed by atoms with Crippen LogP contribution in [0.4, 0.5) is 5.95 Å². The first-order chi connectivity index (χ1) is 15.9. The Hall–Kier alpha value is -2.60. The minimum absolute atomic E-state index is 0.0763. The van der Waals surface area contributed by atoms with Crippen molar-refractivity contribution in [1.29, 1.82) is 0 Å². The molecule has 0 spiro atoms. The summed E-state index contributed by atoms with van der Waals surface area (Å²) in [5.41, 5.74) is 2.91. The summed E-state index contributed by atoms with van der Waals surface area (Å²) >= 11 is 6.81. The van der Waals surface area contributed by atoms with Gasteiger partial charge in [0.05, 0.1) is 11.4 Å². The number of nitrogens with zero attached hydrogens (tertiary/aromatic N) is 4. The van der Waals surface area contributed by atoms with Crippen LogP contribution >= 0.6 is 11.6 Å². The fraction of sp³-hybridized carbons (Fsp3) is 0.500. The Balaban J connectivity index is 1.70. The fourth-order valence-electron chi connectivity index (χ4n) is 4.91. The molecular formula is C26H34ClN5O. The molecule has 6 nitrogen and oxygen atoms in total. The van der Waals surface area contributed by atoms with E-state index < -0.39 is 0 Å². The average Bonchev–Trinajstić information content (AvgIpc) is 3.05. The zero-order valence-corrected chi connectivity index (χ0v) is 20.8. The quantitative estimate of drug-likeness (QED) is 0.436. The number of halogens is 1. The molecule has 0 amide bonds. The number of aryl methyl sites for hydroxylation is 1. The van der Waals surface area contributed by atoms with Crippen molar-refractivity contribution in [2.24, 2.45) is 5.92 Å². The molecule has 3 aromatic rings. The summed E-state index contributed by atoms with van der Waals surface area (Å²) in [5, 5.41) is 3.92. The highest BCUT2D eigenvalue weighted by molar-refractivity contribution is 6.32. The summed E-state index contributed by atoms with van der Waals surface area (Å²) in [6, 6.07) is 9.99. The van der Waals surface area contributed by atoms with Gasteiger partial charge in [-0.1, -0.05) is 43.5 Å². The van der Waals surface area contributed by atoms with Crippen molar-refractivity contribution in [3.63, 3.8) is 0 Å². The average molecular weight is 468 g/mol. The first kappa shape index (κ1) is 23.6. The van der Waals surface area contributed by atoms with E-state index in [1.807, 2.05) is 51.1 Å². The molecule has 1 aliphatic carbocycles. The maximum absolute atomic E-state index is 13.4. The second-order valence-corrected chi connectivity index (χ2v) is 9.83. The van der Waals surface area contributed by atoms with Crippen LogP contribution in [0.2, 0.25) is 5.15 Å². The second-order valence-electron chi connectivity index (χ2n) is 9.48. The van der Waals surface area contributed by atoms with E-state index in [0.717, 1.165) is 30.0 Å². The van der Waals surface area contributed by atoms with E-state index in [0.29, 0.717) is 28.5 Å². The molecule has 0 aliphatic heterocycles. The summed E-state index contributed by atoms with van der Waals surface area (Å²) in [4.78, 5) is 22.7. The number of anilines is 1. The van der Waals surface area contributed by atoms with Gasteiger partial charge in [0.15, 0.2) is 0 Å². The molecule has 4 rings (SSSR count). The highest BCUT2D eigenvalue weighted by Crippen LogP contribution is 2.32. The van der Waals surface area contributed by atoms with Crippen LogP contribution in [0, 0.1) is 12.8 Å². The van der Waals surface area contributed by atoms with E-state index in [4.69, 9.17) is 16.6 Å². The van der Waals surface area contributed by atoms with E-state index in [1.165, 1.54) is 25.7 Å². The monoisotopic (exact) mass is 467 g/mol. The maximum Gasteiger partial charge on any atom is 0.334 e. The minimum Gasteiger partial charge on any atom is -0.351 e. The van der Waals surface area contributed by atoms with Crippen LogP contribution in [0.5, 0.6) is 0 Å². The van der Waals surface area contributed by atoms with Gasteiger partial charge in [0.1, 0.15) is 10.8 Å². The summed E-state index contributed by atoms with van der Waals surface area (Å²) in [7, 11) is 0. The number of rotatable bonds is 7. The number of hydrogen-bond acceptors (Lipinski definition) is 4. The van der Waals surface area contributed by atoms with Crippen LogP contribution in [0.25, 0.3) is 17.1 Å². The van der Waals surface area contributed by atoms with Gasteiger partial charge in [0.2, 0.25) is 5.95 Å². The normalized spacial score (nSPS) is 18.6. The third kappa shape index (κ3) is 5.01. The van der Waals surface area contributed by atoms with Crippen LogP contribution in [0.1, 0.15) is 70.9 Å². The van der Waals surface area contributed by atoms with Gasteiger partial charge in [-0.25, -0.2) is 14.8 Å². The van der Waals surface area contributed by atoms with Crippen LogP contribution < -0.4 is 11.0 Å². The van der Waals surface area contributed by atoms with Crippen molar-refractivity contribution < 1.29 is 0 Å². The van der Waals surface area contributed by atoms with E-state index in [9.17, 15) is 4.79 Å². The number of hydrogen-bond donors (Lipinski definition) is 1. The van der Waals surface area contributed by atoms with Gasteiger partial charge in [-0.05, 0) is 76.1 Å². The lowest BCUT2D eigenvalue weighted by molar-refractivity contribution is 0.318. The molecule has 0 saturated heterocycles. The van der Waals surface area contributed by atoms with Crippen molar-refractivity contribution in [3.05, 3.63) is 57.7 Å². The van der Waals surface area contributed by atoms with Crippen molar-refractivity contribution in [3.8, 4) is 17.1 Å². The Morgan fingerprint density at radius 1 is 1.18 bits per heavy atom. The lowest BCUT2D eigenvalue weighted by atomic mass is 9.83. The maximum atomic E-state index is 13.4. The zero-order chi connectivity index (χ0) is 23.5. The molecule has 1 aromatic carbocycles. The molecule has 1 fully saturated rings. The first-order valence-corrected chi connectivity index (χ1v) is 12.5. The Kier molecular flexibility index (Phi) is 7.23. The lowest BCUT2D eigenvalue weighted by Crippen LogP contribution is -2.27. The third-order valence-corrected chi connectivity index (χ3v) is 6.94. The zero-order valence-electron chi connectivity index (χ0n) is 20.0. The molecule has 0 bridgehead atoms. The SMILES string of the molecule is CCCC1CCC(Nc2nccc(-c3c(Cl)n(C(C)C)c(=O)n3-c3cccc(C)c3)n2)CC1. The molecule has 0 atom stereocenters. The topological polar surface area (TPSA) is 64.7 Å². The predicted octanol–water partition coefficient (Wildman–Crippen LogP) is 6.41. The van der Waals surface area contributed by atoms with Crippen molar-refractivity contribution in [2.75, 3.05) is 5.32 Å². The van der Waals surface area contributed by atoms with E-state index >= 15 is 0 Å². The minimum atomic E-state index is -0.169. The Morgan fingerprint density at radius 3 is 2.61 bits per heavy atom. The van der Waals surface area contributed by atoms with E-state index in [1.54, 1.807) is 15.3 Å². The predicted molar refractivity (Wildman–Crippen MR) is 135 cm³/mol. The van der Waals surface area contributed by atoms with Crippen molar-refractivity contribution in [1.82, 2.24) is 19.1 Å². The van der Waals surface area contributed by atoms with Crippen LogP contribution in [0.3, 0.4) is 0 Å². The largest absolute Gasteiger partial charge is 0.351 e. The summed E-state index contributed by atoms with van der Waals surface area (Å²) in [6.07, 6.45) is 9.09. The first-order valence-electron chi connectivity index (χ1n) is 12.1. The highest BCUT2D eigenvalue weighted by Gasteiger charge is 2.25. The van der Waals surface area contributed by atoms with Crippen molar-refractivity contribution in [2.45, 2.75) is 78.3 Å². The number of nitrogens with one attached hydrogen (secondary N) is 1. The summed E-state index contributed by atoms with van der Waals surface area (Å²) < 4.78 is 3.28. The molecule has 2 aromatic heterocycles. The molecule has 7 heteroatoms. The lowest BCUT2D eigenvalue weighted by Gasteiger charge is -2.29. The molecule has 1 aliphatic rings. The standard InChI is InChI=1S/C26H34ClN5O/c1-5-7-19-10-12-20(13-11-19)29-25-28-15-14-22(30-25)23-24(27)31(17(2)3)26(33)32(23)21-9-6-8-18(4)16-21/h6,8-9,14-17,19-20H,5,7,10-13H2,1-4H3,(H,28,29,30). The van der Waals surface area contributed by atoms with Gasteiger partial charge in [-0.2, -0.15) is 0 Å². The molecule has 33 heavy (non-hydrogen) atoms. The fourth-order valence-corrected chi connectivity index (χ4v) is 5.36. The van der Waals surface area contributed by atoms with Gasteiger partial charge in [-0.15, -0.1) is 0 Å². The number of imidazole rings is 1. The van der Waals surface area contributed by atoms with Gasteiger partial charge < -0.3 is 5.32 Å². The van der Waals surface area contributed by atoms with Crippen molar-refractivity contribution >= 4 is 17.5 Å². The summed E-state index contributed by atoms with van der Waals surface area (Å²) in [6.45, 7) is 8.19. The molecule has 0 unspecified atom stereocenters. The van der Waals surface area contributed by atoms with E-state index in [2.05, 4.69) is 17.2 Å². The molecule has 176 valence electrons. The van der Waals surface area contributed by atoms with Gasteiger partial charge in [0, 0.05) is 18.3 Å². The molecule has 1 N–H and O–H groups in total. The Labute approximate surface area is 201 Å². The van der Waals surface area contributed by atoms with Gasteiger partial charge in [-0.3, -0.25) is 9.13 Å². The molecule has 1 saturated carbocycles. The van der Waals surface area contributed by atoms with Crippen LogP contribution in [-0.4, -0.2) is 25.1 Å². The smallest absolute Gasteiger partial charge is 0.334 e. The molecular weight excluding hydrogens is 434 g/mol. The third-order valence-electron chi connectivity index (χ3n) is 6.58. The number of benzene rings is 1. The van der Waals surface area contributed by atoms with Gasteiger partial charge in [0.25, 0.3) is 0 Å². The highest BCUT2D eigenvalue weighted by atomic mass is 35.5. The second kappa shape index (κ2) is 10.1. The molecule has 2 heterocycles. The number of aromatic nitrogens is 4. The van der Waals surface area contributed by atoms with Crippen LogP contribution in [-0.2, 0) is 0 Å². The van der Waals surface area contributed by atoms with Crippen LogP contribution in [0.15, 0.2) is 41.3 Å². The Bertz CT molecular complexity index is 1160. The molecule has 0 radical (unpaired) electrons. The Morgan fingerprint density at radius 2 is 1.94 bits per heavy atom.